The number of rotatable bonds is 8. The van der Waals surface area contributed by atoms with Crippen LogP contribution in [0.1, 0.15) is 60.8 Å². The molecule has 0 fully saturated rings. The largest absolute Gasteiger partial charge is 0.508 e. The number of fused-ring (bicyclic) bond motifs is 1. The minimum Gasteiger partial charge on any atom is -0.508 e. The smallest absolute Gasteiger partial charge is 0.340 e. The number of phenols is 1. The molecule has 6 nitrogen and oxygen atoms in total. The predicted molar refractivity (Wildman–Crippen MR) is 129 cm³/mol. The minimum atomic E-state index is -0.935. The molecule has 7 heteroatoms. The quantitative estimate of drug-likeness (QED) is 0.418. The highest BCUT2D eigenvalue weighted by molar-refractivity contribution is 6.31. The summed E-state index contributed by atoms with van der Waals surface area (Å²) in [6.45, 7) is 10.7. The fraction of sp³-hybridized carbons (Fsp3) is 0.385. The Kier molecular flexibility index (Phi) is 7.69. The lowest BCUT2D eigenvalue weighted by molar-refractivity contribution is -0.143. The molecule has 0 aliphatic carbocycles. The van der Waals surface area contributed by atoms with Crippen LogP contribution < -0.4 is 0 Å². The van der Waals surface area contributed by atoms with Gasteiger partial charge in [0.15, 0.2) is 0 Å². The third-order valence-electron chi connectivity index (χ3n) is 5.53. The lowest BCUT2D eigenvalue weighted by Gasteiger charge is -2.20. The highest BCUT2D eigenvalue weighted by Crippen LogP contribution is 2.40. The van der Waals surface area contributed by atoms with E-state index in [0.29, 0.717) is 39.6 Å². The number of ether oxygens (including phenoxy) is 2. The summed E-state index contributed by atoms with van der Waals surface area (Å²) in [6.07, 6.45) is 0. The van der Waals surface area contributed by atoms with Gasteiger partial charge in [0.2, 0.25) is 0 Å². The summed E-state index contributed by atoms with van der Waals surface area (Å²) in [7, 11) is 0. The fourth-order valence-electron chi connectivity index (χ4n) is 4.24. The first-order valence-electron chi connectivity index (χ1n) is 11.1. The number of carbonyl (C=O) groups is 2. The van der Waals surface area contributed by atoms with Crippen LogP contribution in [0.25, 0.3) is 10.9 Å². The van der Waals surface area contributed by atoms with Gasteiger partial charge in [-0.3, -0.25) is 4.79 Å². The molecule has 176 valence electrons. The molecule has 1 N–H and O–H groups in total. The summed E-state index contributed by atoms with van der Waals surface area (Å²) >= 11 is 6.48. The molecule has 0 saturated carbocycles. The summed E-state index contributed by atoms with van der Waals surface area (Å²) in [6, 6.07) is 10.0. The van der Waals surface area contributed by atoms with E-state index in [1.807, 2.05) is 19.1 Å². The van der Waals surface area contributed by atoms with Crippen molar-refractivity contribution in [3.63, 3.8) is 0 Å². The van der Waals surface area contributed by atoms with E-state index in [-0.39, 0.29) is 19.0 Å². The molecule has 0 saturated heterocycles. The molecule has 33 heavy (non-hydrogen) atoms. The molecular weight excluding hydrogens is 442 g/mol. The van der Waals surface area contributed by atoms with Gasteiger partial charge in [0, 0.05) is 28.2 Å². The summed E-state index contributed by atoms with van der Waals surface area (Å²) in [5.74, 6) is -1.58. The topological polar surface area (TPSA) is 77.8 Å². The molecule has 3 aromatic rings. The number of carbonyl (C=O) groups excluding carboxylic acids is 2. The third-order valence-corrected chi connectivity index (χ3v) is 5.88. The van der Waals surface area contributed by atoms with Crippen LogP contribution in [-0.4, -0.2) is 34.8 Å². The zero-order valence-corrected chi connectivity index (χ0v) is 20.4. The van der Waals surface area contributed by atoms with Gasteiger partial charge < -0.3 is 19.1 Å². The molecule has 0 amide bonds. The third kappa shape index (κ3) is 4.86. The molecule has 3 rings (SSSR count). The van der Waals surface area contributed by atoms with E-state index in [1.165, 1.54) is 12.1 Å². The Morgan fingerprint density at radius 1 is 1.06 bits per heavy atom. The minimum absolute atomic E-state index is 0.0185. The second-order valence-corrected chi connectivity index (χ2v) is 8.72. The lowest BCUT2D eigenvalue weighted by Crippen LogP contribution is -2.18. The van der Waals surface area contributed by atoms with Crippen LogP contribution in [0.3, 0.4) is 0 Å². The van der Waals surface area contributed by atoms with E-state index in [1.54, 1.807) is 26.0 Å². The lowest BCUT2D eigenvalue weighted by atomic mass is 9.87. The molecule has 1 aromatic heterocycles. The molecule has 0 aliphatic rings. The Balaban J connectivity index is 2.41. The molecule has 0 bridgehead atoms. The number of hydrogen-bond acceptors (Lipinski definition) is 5. The Labute approximate surface area is 199 Å². The standard InChI is InChI=1S/C26H30ClNO5/c1-6-32-25(30)22-16(5)28(14-15(3)4)21-10-8-9-18(24(21)22)23(26(31)33-7-2)19-13-17(29)11-12-20(19)27/h8-13,15,23,29H,6-7,14H2,1-5H3. The van der Waals surface area contributed by atoms with Crippen LogP contribution >= 0.6 is 11.6 Å². The van der Waals surface area contributed by atoms with Crippen LogP contribution in [0.4, 0.5) is 0 Å². The second-order valence-electron chi connectivity index (χ2n) is 8.32. The van der Waals surface area contributed by atoms with Crippen molar-refractivity contribution >= 4 is 34.4 Å². The maximum atomic E-state index is 13.2. The van der Waals surface area contributed by atoms with E-state index < -0.39 is 17.9 Å². The maximum Gasteiger partial charge on any atom is 0.340 e. The zero-order chi connectivity index (χ0) is 24.3. The normalized spacial score (nSPS) is 12.2. The number of hydrogen-bond donors (Lipinski definition) is 1. The summed E-state index contributed by atoms with van der Waals surface area (Å²) in [5.41, 5.74) is 3.01. The van der Waals surface area contributed by atoms with E-state index in [9.17, 15) is 14.7 Å². The maximum absolute atomic E-state index is 13.2. The Hall–Kier alpha value is -2.99. The van der Waals surface area contributed by atoms with Gasteiger partial charge in [0.1, 0.15) is 11.7 Å². The number of halogens is 1. The molecular formula is C26H30ClNO5. The molecule has 1 atom stereocenters. The van der Waals surface area contributed by atoms with E-state index in [2.05, 4.69) is 18.4 Å². The molecule has 1 unspecified atom stereocenters. The van der Waals surface area contributed by atoms with Crippen molar-refractivity contribution in [2.24, 2.45) is 5.92 Å². The van der Waals surface area contributed by atoms with Gasteiger partial charge in [-0.1, -0.05) is 37.6 Å². The number of nitrogens with zero attached hydrogens (tertiary/aromatic N) is 1. The van der Waals surface area contributed by atoms with Crippen LogP contribution in [-0.2, 0) is 20.8 Å². The number of esters is 2. The van der Waals surface area contributed by atoms with Crippen molar-refractivity contribution in [2.75, 3.05) is 13.2 Å². The van der Waals surface area contributed by atoms with E-state index in [0.717, 1.165) is 11.2 Å². The van der Waals surface area contributed by atoms with Crippen molar-refractivity contribution in [1.29, 1.82) is 0 Å². The van der Waals surface area contributed by atoms with Crippen molar-refractivity contribution < 1.29 is 24.2 Å². The fourth-order valence-corrected chi connectivity index (χ4v) is 4.47. The van der Waals surface area contributed by atoms with Gasteiger partial charge in [0.25, 0.3) is 0 Å². The summed E-state index contributed by atoms with van der Waals surface area (Å²) in [4.78, 5) is 26.3. The van der Waals surface area contributed by atoms with Crippen molar-refractivity contribution in [2.45, 2.75) is 47.1 Å². The van der Waals surface area contributed by atoms with Gasteiger partial charge in [0.05, 0.1) is 18.8 Å². The molecule has 0 aliphatic heterocycles. The average Bonchev–Trinajstić information content (AvgIpc) is 3.03. The Morgan fingerprint density at radius 3 is 2.39 bits per heavy atom. The summed E-state index contributed by atoms with van der Waals surface area (Å²) in [5, 5.41) is 11.1. The van der Waals surface area contributed by atoms with Gasteiger partial charge >= 0.3 is 11.9 Å². The number of benzene rings is 2. The SMILES string of the molecule is CCOC(=O)c1c(C)n(CC(C)C)c2cccc(C(C(=O)OCC)c3cc(O)ccc3Cl)c12. The monoisotopic (exact) mass is 471 g/mol. The second kappa shape index (κ2) is 10.3. The Bertz CT molecular complexity index is 1180. The van der Waals surface area contributed by atoms with Crippen molar-refractivity contribution in [1.82, 2.24) is 4.57 Å². The van der Waals surface area contributed by atoms with Crippen molar-refractivity contribution in [3.8, 4) is 5.75 Å². The Morgan fingerprint density at radius 2 is 1.76 bits per heavy atom. The predicted octanol–water partition coefficient (Wildman–Crippen LogP) is 5.84. The molecule has 0 spiro atoms. The van der Waals surface area contributed by atoms with Crippen LogP contribution in [0, 0.1) is 12.8 Å². The highest BCUT2D eigenvalue weighted by atomic mass is 35.5. The van der Waals surface area contributed by atoms with E-state index in [4.69, 9.17) is 21.1 Å². The first-order valence-corrected chi connectivity index (χ1v) is 11.5. The highest BCUT2D eigenvalue weighted by Gasteiger charge is 2.32. The summed E-state index contributed by atoms with van der Waals surface area (Å²) < 4.78 is 12.9. The van der Waals surface area contributed by atoms with Crippen LogP contribution in [0.15, 0.2) is 36.4 Å². The molecule has 0 radical (unpaired) electrons. The van der Waals surface area contributed by atoms with Gasteiger partial charge in [-0.2, -0.15) is 0 Å². The molecule has 2 aromatic carbocycles. The van der Waals surface area contributed by atoms with Gasteiger partial charge in [-0.25, -0.2) is 4.79 Å². The van der Waals surface area contributed by atoms with Crippen molar-refractivity contribution in [3.05, 3.63) is 63.8 Å². The van der Waals surface area contributed by atoms with Gasteiger partial charge in [-0.15, -0.1) is 0 Å². The van der Waals surface area contributed by atoms with E-state index >= 15 is 0 Å². The zero-order valence-electron chi connectivity index (χ0n) is 19.6. The van der Waals surface area contributed by atoms with Crippen LogP contribution in [0.5, 0.6) is 5.75 Å². The number of aromatic nitrogens is 1. The molecule has 1 heterocycles. The number of aromatic hydroxyl groups is 1. The van der Waals surface area contributed by atoms with Gasteiger partial charge in [-0.05, 0) is 62.1 Å². The average molecular weight is 472 g/mol. The first-order chi connectivity index (χ1) is 15.7. The first kappa shape index (κ1) is 24.6. The number of phenolic OH excluding ortho intramolecular Hbond substituents is 1. The van der Waals surface area contributed by atoms with Crippen LogP contribution in [0.2, 0.25) is 5.02 Å².